The second-order valence-corrected chi connectivity index (χ2v) is 7.06. The number of carbonyl (C=O) groups is 1. The van der Waals surface area contributed by atoms with Gasteiger partial charge in [0, 0.05) is 16.5 Å². The van der Waals surface area contributed by atoms with Gasteiger partial charge in [0.15, 0.2) is 5.82 Å². The highest BCUT2D eigenvalue weighted by Crippen LogP contribution is 2.25. The molecule has 0 bridgehead atoms. The van der Waals surface area contributed by atoms with Crippen molar-refractivity contribution < 1.29 is 9.90 Å². The maximum Gasteiger partial charge on any atom is 0.275 e. The van der Waals surface area contributed by atoms with Crippen molar-refractivity contribution in [3.63, 3.8) is 0 Å². The third kappa shape index (κ3) is 3.89. The maximum atomic E-state index is 12.5. The average molecular weight is 388 g/mol. The topological polar surface area (TPSA) is 88.0 Å². The first kappa shape index (κ1) is 17.8. The SMILES string of the molecule is Cc1ccc(-c2nc(C(=O)Nc3cnc(-c4cccc(O)c4)nc3)cs2)cc1. The minimum Gasteiger partial charge on any atom is -0.508 e. The number of phenolic OH excluding ortho intramolecular Hbond substituents is 1. The van der Waals surface area contributed by atoms with Crippen LogP contribution in [0, 0.1) is 6.92 Å². The second kappa shape index (κ2) is 7.58. The molecule has 2 heterocycles. The first-order valence-electron chi connectivity index (χ1n) is 8.54. The number of aromatic nitrogens is 3. The lowest BCUT2D eigenvalue weighted by Crippen LogP contribution is -2.12. The molecule has 0 atom stereocenters. The Hall–Kier alpha value is -3.58. The lowest BCUT2D eigenvalue weighted by Gasteiger charge is -2.04. The van der Waals surface area contributed by atoms with E-state index >= 15 is 0 Å². The number of rotatable bonds is 4. The van der Waals surface area contributed by atoms with Gasteiger partial charge in [-0.2, -0.15) is 0 Å². The lowest BCUT2D eigenvalue weighted by atomic mass is 10.2. The number of amides is 1. The van der Waals surface area contributed by atoms with Crippen molar-refractivity contribution in [2.45, 2.75) is 6.92 Å². The van der Waals surface area contributed by atoms with Gasteiger partial charge in [-0.15, -0.1) is 11.3 Å². The van der Waals surface area contributed by atoms with E-state index in [1.165, 1.54) is 29.3 Å². The van der Waals surface area contributed by atoms with E-state index in [4.69, 9.17) is 0 Å². The minimum atomic E-state index is -0.316. The zero-order chi connectivity index (χ0) is 19.5. The number of anilines is 1. The van der Waals surface area contributed by atoms with Gasteiger partial charge in [0.05, 0.1) is 18.1 Å². The number of thiazole rings is 1. The smallest absolute Gasteiger partial charge is 0.275 e. The molecule has 0 saturated heterocycles. The van der Waals surface area contributed by atoms with E-state index in [0.717, 1.165) is 10.6 Å². The Morgan fingerprint density at radius 3 is 2.50 bits per heavy atom. The van der Waals surface area contributed by atoms with Crippen LogP contribution in [-0.4, -0.2) is 26.0 Å². The van der Waals surface area contributed by atoms with Crippen molar-refractivity contribution in [2.75, 3.05) is 5.32 Å². The molecule has 0 spiro atoms. The van der Waals surface area contributed by atoms with Crippen LogP contribution in [0.2, 0.25) is 0 Å². The zero-order valence-electron chi connectivity index (χ0n) is 15.0. The van der Waals surface area contributed by atoms with Crippen LogP contribution in [-0.2, 0) is 0 Å². The van der Waals surface area contributed by atoms with Crippen LogP contribution < -0.4 is 5.32 Å². The third-order valence-electron chi connectivity index (χ3n) is 4.05. The first-order valence-corrected chi connectivity index (χ1v) is 9.42. The molecule has 1 amide bonds. The van der Waals surface area contributed by atoms with Gasteiger partial charge in [-0.1, -0.05) is 42.0 Å². The van der Waals surface area contributed by atoms with Gasteiger partial charge in [0.1, 0.15) is 16.5 Å². The van der Waals surface area contributed by atoms with Crippen molar-refractivity contribution in [3.8, 4) is 27.7 Å². The molecular formula is C21H16N4O2S. The summed E-state index contributed by atoms with van der Waals surface area (Å²) in [6.45, 7) is 2.03. The minimum absolute atomic E-state index is 0.145. The van der Waals surface area contributed by atoms with Gasteiger partial charge >= 0.3 is 0 Å². The van der Waals surface area contributed by atoms with Crippen molar-refractivity contribution in [2.24, 2.45) is 0 Å². The average Bonchev–Trinajstić information content (AvgIpc) is 3.19. The molecule has 6 nitrogen and oxygen atoms in total. The summed E-state index contributed by atoms with van der Waals surface area (Å²) in [6, 6.07) is 14.7. The number of nitrogens with zero attached hydrogens (tertiary/aromatic N) is 3. The van der Waals surface area contributed by atoms with Crippen LogP contribution in [0.15, 0.2) is 66.3 Å². The fourth-order valence-corrected chi connectivity index (χ4v) is 3.39. The Morgan fingerprint density at radius 2 is 1.79 bits per heavy atom. The summed E-state index contributed by atoms with van der Waals surface area (Å²) in [4.78, 5) is 25.4. The van der Waals surface area contributed by atoms with E-state index in [0.29, 0.717) is 22.8 Å². The van der Waals surface area contributed by atoms with E-state index in [1.807, 2.05) is 31.2 Å². The third-order valence-corrected chi connectivity index (χ3v) is 4.94. The Labute approximate surface area is 165 Å². The fourth-order valence-electron chi connectivity index (χ4n) is 2.59. The number of hydrogen-bond acceptors (Lipinski definition) is 6. The van der Waals surface area contributed by atoms with E-state index in [1.54, 1.807) is 29.6 Å². The van der Waals surface area contributed by atoms with Crippen LogP contribution >= 0.6 is 11.3 Å². The van der Waals surface area contributed by atoms with Gasteiger partial charge in [-0.3, -0.25) is 4.79 Å². The number of carbonyl (C=O) groups excluding carboxylic acids is 1. The number of nitrogens with one attached hydrogen (secondary N) is 1. The molecule has 138 valence electrons. The van der Waals surface area contributed by atoms with E-state index in [2.05, 4.69) is 20.3 Å². The molecule has 2 N–H and O–H groups in total. The lowest BCUT2D eigenvalue weighted by molar-refractivity contribution is 0.102. The van der Waals surface area contributed by atoms with Crippen molar-refractivity contribution >= 4 is 22.9 Å². The summed E-state index contributed by atoms with van der Waals surface area (Å²) in [5, 5.41) is 14.8. The molecule has 0 saturated carbocycles. The van der Waals surface area contributed by atoms with Crippen LogP contribution in [0.25, 0.3) is 22.0 Å². The summed E-state index contributed by atoms with van der Waals surface area (Å²) in [6.07, 6.45) is 3.05. The second-order valence-electron chi connectivity index (χ2n) is 6.20. The summed E-state index contributed by atoms with van der Waals surface area (Å²) < 4.78 is 0. The quantitative estimate of drug-likeness (QED) is 0.536. The number of phenols is 1. The van der Waals surface area contributed by atoms with Crippen molar-refractivity contribution in [1.82, 2.24) is 15.0 Å². The van der Waals surface area contributed by atoms with Crippen LogP contribution in [0.5, 0.6) is 5.75 Å². The Kier molecular flexibility index (Phi) is 4.82. The molecule has 0 aliphatic carbocycles. The zero-order valence-corrected chi connectivity index (χ0v) is 15.8. The van der Waals surface area contributed by atoms with Gasteiger partial charge in [-0.05, 0) is 19.1 Å². The monoisotopic (exact) mass is 388 g/mol. The Bertz CT molecular complexity index is 1120. The Morgan fingerprint density at radius 1 is 1.04 bits per heavy atom. The molecule has 7 heteroatoms. The number of benzene rings is 2. The normalized spacial score (nSPS) is 10.6. The predicted molar refractivity (Wildman–Crippen MR) is 109 cm³/mol. The standard InChI is InChI=1S/C21H16N4O2S/c1-13-5-7-14(8-6-13)21-25-18(12-28-21)20(27)24-16-10-22-19(23-11-16)15-3-2-4-17(26)9-15/h2-12,26H,1H3,(H,24,27). The maximum absolute atomic E-state index is 12.5. The molecule has 0 aliphatic rings. The highest BCUT2D eigenvalue weighted by Gasteiger charge is 2.13. The van der Waals surface area contributed by atoms with E-state index < -0.39 is 0 Å². The molecule has 2 aromatic carbocycles. The largest absolute Gasteiger partial charge is 0.508 e. The predicted octanol–water partition coefficient (Wildman–Crippen LogP) is 4.53. The van der Waals surface area contributed by atoms with Crippen molar-refractivity contribution in [3.05, 3.63) is 77.6 Å². The number of hydrogen-bond donors (Lipinski definition) is 2. The number of aryl methyl sites for hydroxylation is 1. The van der Waals surface area contributed by atoms with Gasteiger partial charge in [0.2, 0.25) is 0 Å². The molecule has 28 heavy (non-hydrogen) atoms. The molecular weight excluding hydrogens is 372 g/mol. The van der Waals surface area contributed by atoms with Gasteiger partial charge in [0.25, 0.3) is 5.91 Å². The van der Waals surface area contributed by atoms with Crippen LogP contribution in [0.4, 0.5) is 5.69 Å². The molecule has 0 fully saturated rings. The molecule has 0 aliphatic heterocycles. The molecule has 4 rings (SSSR count). The molecule has 2 aromatic heterocycles. The summed E-state index contributed by atoms with van der Waals surface area (Å²) in [5.74, 6) is 0.291. The Balaban J connectivity index is 1.47. The van der Waals surface area contributed by atoms with Crippen molar-refractivity contribution in [1.29, 1.82) is 0 Å². The summed E-state index contributed by atoms with van der Waals surface area (Å²) in [5.41, 5.74) is 3.66. The number of aromatic hydroxyl groups is 1. The molecule has 0 unspecified atom stereocenters. The van der Waals surface area contributed by atoms with Crippen LogP contribution in [0.3, 0.4) is 0 Å². The highest BCUT2D eigenvalue weighted by atomic mass is 32.1. The van der Waals surface area contributed by atoms with Crippen LogP contribution in [0.1, 0.15) is 16.1 Å². The molecule has 4 aromatic rings. The van der Waals surface area contributed by atoms with Gasteiger partial charge < -0.3 is 10.4 Å². The summed E-state index contributed by atoms with van der Waals surface area (Å²) >= 11 is 1.42. The van der Waals surface area contributed by atoms with E-state index in [-0.39, 0.29) is 11.7 Å². The fraction of sp³-hybridized carbons (Fsp3) is 0.0476. The van der Waals surface area contributed by atoms with Gasteiger partial charge in [-0.25, -0.2) is 15.0 Å². The van der Waals surface area contributed by atoms with E-state index in [9.17, 15) is 9.90 Å². The summed E-state index contributed by atoms with van der Waals surface area (Å²) in [7, 11) is 0. The first-order chi connectivity index (χ1) is 13.6. The molecule has 0 radical (unpaired) electrons. The highest BCUT2D eigenvalue weighted by molar-refractivity contribution is 7.13.